The summed E-state index contributed by atoms with van der Waals surface area (Å²) in [4.78, 5) is 12.5. The number of ether oxygens (including phenoxy) is 3. The Morgan fingerprint density at radius 1 is 1.00 bits per heavy atom. The third-order valence-corrected chi connectivity index (χ3v) is 11.7. The van der Waals surface area contributed by atoms with Gasteiger partial charge in [-0.05, 0) is 91.3 Å². The van der Waals surface area contributed by atoms with E-state index in [1.165, 1.54) is 51.4 Å². The van der Waals surface area contributed by atoms with Crippen LogP contribution in [0.15, 0.2) is 11.6 Å². The minimum atomic E-state index is -0.321. The van der Waals surface area contributed by atoms with Gasteiger partial charge in [0.25, 0.3) is 0 Å². The topological polar surface area (TPSA) is 82.8 Å². The Balaban J connectivity index is 1.26. The molecule has 6 nitrogen and oxygen atoms in total. The molecule has 0 saturated heterocycles. The molecule has 0 spiro atoms. The SMILES string of the molecule is CC(C)CCC[C@@H](C)[C@H]1CCC2C3CC=C4CC(OC(=O)NCCOCCOCCN)CC[C@]4(C)C3CC[C@@]21C. The molecule has 4 rings (SSSR count). The number of rotatable bonds is 14. The van der Waals surface area contributed by atoms with Crippen LogP contribution in [-0.4, -0.2) is 51.7 Å². The maximum absolute atomic E-state index is 12.5. The zero-order valence-electron chi connectivity index (χ0n) is 26.3. The molecule has 4 aliphatic carbocycles. The van der Waals surface area contributed by atoms with E-state index in [1.54, 1.807) is 5.57 Å². The number of allylic oxidation sites excluding steroid dienone is 1. The predicted molar refractivity (Wildman–Crippen MR) is 162 cm³/mol. The molecule has 3 fully saturated rings. The molecular weight excluding hydrogens is 500 g/mol. The Bertz CT molecular complexity index is 846. The van der Waals surface area contributed by atoms with Gasteiger partial charge in [0.2, 0.25) is 0 Å². The summed E-state index contributed by atoms with van der Waals surface area (Å²) in [6.07, 6.45) is 16.3. The average Bonchev–Trinajstić information content (AvgIpc) is 3.27. The van der Waals surface area contributed by atoms with E-state index < -0.39 is 0 Å². The molecule has 8 atom stereocenters. The first-order valence-electron chi connectivity index (χ1n) is 16.7. The number of carbonyl (C=O) groups excluding carboxylic acids is 1. The molecule has 4 unspecified atom stereocenters. The standard InChI is InChI=1S/C34H60N2O4/c1-24(2)7-6-8-25(3)29-11-12-30-28-10-9-26-23-27(13-15-33(26,4)31(28)14-16-34(29,30)5)40-32(37)36-18-20-39-22-21-38-19-17-35/h9,24-25,27-31H,6-8,10-23,35H2,1-5H3,(H,36,37)/t25-,27?,28?,29-,30?,31?,33+,34-/m1/s1. The largest absolute Gasteiger partial charge is 0.446 e. The summed E-state index contributed by atoms with van der Waals surface area (Å²) in [5.74, 6) is 5.10. The van der Waals surface area contributed by atoms with Crippen LogP contribution in [-0.2, 0) is 14.2 Å². The Morgan fingerprint density at radius 2 is 1.77 bits per heavy atom. The first-order chi connectivity index (χ1) is 19.2. The Morgan fingerprint density at radius 3 is 2.52 bits per heavy atom. The first-order valence-corrected chi connectivity index (χ1v) is 16.7. The summed E-state index contributed by atoms with van der Waals surface area (Å²) < 4.78 is 16.6. The maximum atomic E-state index is 12.5. The summed E-state index contributed by atoms with van der Waals surface area (Å²) in [7, 11) is 0. The molecule has 0 heterocycles. The lowest BCUT2D eigenvalue weighted by Crippen LogP contribution is -2.51. The Labute approximate surface area is 244 Å². The van der Waals surface area contributed by atoms with E-state index in [1.807, 2.05) is 0 Å². The highest BCUT2D eigenvalue weighted by atomic mass is 16.6. The number of hydrogen-bond acceptors (Lipinski definition) is 5. The Kier molecular flexibility index (Phi) is 11.4. The molecule has 230 valence electrons. The number of fused-ring (bicyclic) bond motifs is 5. The van der Waals surface area contributed by atoms with Crippen LogP contribution in [0.4, 0.5) is 4.79 Å². The minimum absolute atomic E-state index is 0.0159. The number of nitrogens with two attached hydrogens (primary N) is 1. The van der Waals surface area contributed by atoms with Gasteiger partial charge in [-0.1, -0.05) is 65.5 Å². The molecule has 40 heavy (non-hydrogen) atoms. The van der Waals surface area contributed by atoms with Gasteiger partial charge in [0.05, 0.1) is 26.4 Å². The highest BCUT2D eigenvalue weighted by Crippen LogP contribution is 2.67. The van der Waals surface area contributed by atoms with Crippen molar-refractivity contribution in [3.05, 3.63) is 11.6 Å². The Hall–Kier alpha value is -1.11. The average molecular weight is 561 g/mol. The third-order valence-electron chi connectivity index (χ3n) is 11.7. The molecule has 1 amide bonds. The monoisotopic (exact) mass is 560 g/mol. The van der Waals surface area contributed by atoms with Gasteiger partial charge < -0.3 is 25.3 Å². The third kappa shape index (κ3) is 7.26. The molecule has 0 bridgehead atoms. The second kappa shape index (κ2) is 14.4. The molecule has 6 heteroatoms. The van der Waals surface area contributed by atoms with E-state index in [-0.39, 0.29) is 17.6 Å². The summed E-state index contributed by atoms with van der Waals surface area (Å²) in [6, 6.07) is 0. The summed E-state index contributed by atoms with van der Waals surface area (Å²) in [5.41, 5.74) is 7.77. The fourth-order valence-electron chi connectivity index (χ4n) is 9.58. The number of amides is 1. The van der Waals surface area contributed by atoms with Crippen LogP contribution >= 0.6 is 0 Å². The second-order valence-electron chi connectivity index (χ2n) is 14.5. The van der Waals surface area contributed by atoms with Gasteiger partial charge in [-0.3, -0.25) is 0 Å². The van der Waals surface area contributed by atoms with Gasteiger partial charge in [-0.25, -0.2) is 4.79 Å². The van der Waals surface area contributed by atoms with Gasteiger partial charge >= 0.3 is 6.09 Å². The van der Waals surface area contributed by atoms with Crippen molar-refractivity contribution in [2.45, 2.75) is 111 Å². The van der Waals surface area contributed by atoms with Gasteiger partial charge in [0, 0.05) is 19.5 Å². The van der Waals surface area contributed by atoms with Crippen molar-refractivity contribution >= 4 is 6.09 Å². The van der Waals surface area contributed by atoms with Crippen LogP contribution < -0.4 is 11.1 Å². The zero-order chi connectivity index (χ0) is 28.8. The lowest BCUT2D eigenvalue weighted by molar-refractivity contribution is -0.0581. The van der Waals surface area contributed by atoms with E-state index in [4.69, 9.17) is 19.9 Å². The molecule has 0 aliphatic heterocycles. The van der Waals surface area contributed by atoms with E-state index in [2.05, 4.69) is 46.0 Å². The summed E-state index contributed by atoms with van der Waals surface area (Å²) in [5, 5.41) is 2.85. The van der Waals surface area contributed by atoms with E-state index in [0.717, 1.165) is 54.8 Å². The highest BCUT2D eigenvalue weighted by molar-refractivity contribution is 5.67. The number of alkyl carbamates (subject to hydrolysis) is 1. The molecule has 0 aromatic rings. The van der Waals surface area contributed by atoms with Crippen molar-refractivity contribution in [2.24, 2.45) is 52.1 Å². The fraction of sp³-hybridized carbons (Fsp3) is 0.912. The van der Waals surface area contributed by atoms with Crippen molar-refractivity contribution in [3.63, 3.8) is 0 Å². The van der Waals surface area contributed by atoms with Crippen molar-refractivity contribution in [1.29, 1.82) is 0 Å². The number of hydrogen-bond donors (Lipinski definition) is 2. The quantitative estimate of drug-likeness (QED) is 0.175. The normalized spacial score (nSPS) is 35.9. The van der Waals surface area contributed by atoms with E-state index in [0.29, 0.717) is 44.9 Å². The number of nitrogens with one attached hydrogen (secondary N) is 1. The molecule has 4 aliphatic rings. The molecule has 3 saturated carbocycles. The van der Waals surface area contributed by atoms with Crippen LogP contribution in [0.3, 0.4) is 0 Å². The number of carbonyl (C=O) groups is 1. The van der Waals surface area contributed by atoms with Gasteiger partial charge in [-0.15, -0.1) is 0 Å². The van der Waals surface area contributed by atoms with Crippen LogP contribution in [0.25, 0.3) is 0 Å². The summed E-state index contributed by atoms with van der Waals surface area (Å²) >= 11 is 0. The van der Waals surface area contributed by atoms with E-state index >= 15 is 0 Å². The molecular formula is C34H60N2O4. The van der Waals surface area contributed by atoms with Crippen molar-refractivity contribution < 1.29 is 19.0 Å². The van der Waals surface area contributed by atoms with Crippen molar-refractivity contribution in [1.82, 2.24) is 5.32 Å². The molecule has 0 aromatic carbocycles. The highest BCUT2D eigenvalue weighted by Gasteiger charge is 2.59. The predicted octanol–water partition coefficient (Wildman–Crippen LogP) is 7.11. The van der Waals surface area contributed by atoms with Crippen molar-refractivity contribution in [3.8, 4) is 0 Å². The second-order valence-corrected chi connectivity index (χ2v) is 14.5. The van der Waals surface area contributed by atoms with Crippen LogP contribution in [0.1, 0.15) is 105 Å². The van der Waals surface area contributed by atoms with Crippen LogP contribution in [0.5, 0.6) is 0 Å². The van der Waals surface area contributed by atoms with Crippen LogP contribution in [0.2, 0.25) is 0 Å². The molecule has 0 radical (unpaired) electrons. The van der Waals surface area contributed by atoms with Crippen molar-refractivity contribution in [2.75, 3.05) is 39.5 Å². The van der Waals surface area contributed by atoms with Gasteiger partial charge in [0.1, 0.15) is 6.10 Å². The molecule has 3 N–H and O–H groups in total. The fourth-order valence-corrected chi connectivity index (χ4v) is 9.58. The minimum Gasteiger partial charge on any atom is -0.446 e. The lowest BCUT2D eigenvalue weighted by Gasteiger charge is -2.58. The molecule has 0 aromatic heterocycles. The maximum Gasteiger partial charge on any atom is 0.407 e. The lowest BCUT2D eigenvalue weighted by atomic mass is 9.47. The van der Waals surface area contributed by atoms with E-state index in [9.17, 15) is 4.79 Å². The smallest absolute Gasteiger partial charge is 0.407 e. The summed E-state index contributed by atoms with van der Waals surface area (Å²) in [6.45, 7) is 15.5. The first kappa shape index (κ1) is 31.8. The zero-order valence-corrected chi connectivity index (χ0v) is 26.3. The van der Waals surface area contributed by atoms with Crippen LogP contribution in [0, 0.1) is 46.3 Å². The van der Waals surface area contributed by atoms with Gasteiger partial charge in [0.15, 0.2) is 0 Å². The van der Waals surface area contributed by atoms with Gasteiger partial charge in [-0.2, -0.15) is 0 Å².